The highest BCUT2D eigenvalue weighted by molar-refractivity contribution is 7.92. The Morgan fingerprint density at radius 3 is 2.32 bits per heavy atom. The second-order valence-corrected chi connectivity index (χ2v) is 8.26. The van der Waals surface area contributed by atoms with Gasteiger partial charge in [0, 0.05) is 12.2 Å². The molecule has 0 spiro atoms. The van der Waals surface area contributed by atoms with Crippen molar-refractivity contribution < 1.29 is 8.42 Å². The zero-order valence-electron chi connectivity index (χ0n) is 14.5. The van der Waals surface area contributed by atoms with Gasteiger partial charge < -0.3 is 10.6 Å². The van der Waals surface area contributed by atoms with Crippen LogP contribution in [0.2, 0.25) is 0 Å². The van der Waals surface area contributed by atoms with Gasteiger partial charge in [-0.05, 0) is 61.0 Å². The van der Waals surface area contributed by atoms with E-state index in [1.54, 1.807) is 36.4 Å². The molecule has 3 N–H and O–H groups in total. The Bertz CT molecular complexity index is 832. The van der Waals surface area contributed by atoms with Crippen LogP contribution in [0.3, 0.4) is 0 Å². The average Bonchev–Trinajstić information content (AvgIpc) is 2.55. The fraction of sp³-hybridized carbons (Fsp3) is 0.278. The van der Waals surface area contributed by atoms with Crippen LogP contribution in [0.4, 0.5) is 11.4 Å². The van der Waals surface area contributed by atoms with Crippen molar-refractivity contribution >= 4 is 38.7 Å². The van der Waals surface area contributed by atoms with E-state index >= 15 is 0 Å². The summed E-state index contributed by atoms with van der Waals surface area (Å²) in [4.78, 5) is 0.197. The third kappa shape index (κ3) is 5.72. The lowest BCUT2D eigenvalue weighted by atomic mass is 10.2. The van der Waals surface area contributed by atoms with Crippen LogP contribution < -0.4 is 15.4 Å². The normalized spacial score (nSPS) is 11.2. The molecule has 0 aliphatic carbocycles. The van der Waals surface area contributed by atoms with Gasteiger partial charge in [0.1, 0.15) is 0 Å². The molecule has 0 aliphatic rings. The van der Waals surface area contributed by atoms with Crippen molar-refractivity contribution in [1.82, 2.24) is 5.32 Å². The molecule has 0 atom stereocenters. The predicted octanol–water partition coefficient (Wildman–Crippen LogP) is 3.74. The number of hydrogen-bond donors (Lipinski definition) is 3. The Balaban J connectivity index is 2.06. The highest BCUT2D eigenvalue weighted by Gasteiger charge is 2.15. The van der Waals surface area contributed by atoms with Gasteiger partial charge >= 0.3 is 0 Å². The summed E-state index contributed by atoms with van der Waals surface area (Å²) < 4.78 is 27.6. The van der Waals surface area contributed by atoms with Crippen LogP contribution in [0, 0.1) is 12.8 Å². The van der Waals surface area contributed by atoms with Crippen molar-refractivity contribution in [3.63, 3.8) is 0 Å². The number of anilines is 2. The number of aryl methyl sites for hydroxylation is 1. The molecule has 0 saturated carbocycles. The summed E-state index contributed by atoms with van der Waals surface area (Å²) in [5.74, 6) is 0.486. The lowest BCUT2D eigenvalue weighted by Gasteiger charge is -2.13. The summed E-state index contributed by atoms with van der Waals surface area (Å²) in [6, 6.07) is 13.7. The second-order valence-electron chi connectivity index (χ2n) is 6.17. The van der Waals surface area contributed by atoms with Gasteiger partial charge in [0.2, 0.25) is 0 Å². The predicted molar refractivity (Wildman–Crippen MR) is 107 cm³/mol. The SMILES string of the molecule is Cc1ccccc1NS(=O)(=O)c1ccc(NC(=S)NCC(C)C)cc1. The maximum Gasteiger partial charge on any atom is 0.261 e. The maximum atomic E-state index is 12.5. The highest BCUT2D eigenvalue weighted by atomic mass is 32.2. The summed E-state index contributed by atoms with van der Waals surface area (Å²) in [5.41, 5.74) is 2.17. The number of sulfonamides is 1. The van der Waals surface area contributed by atoms with Crippen LogP contribution in [0.15, 0.2) is 53.4 Å². The van der Waals surface area contributed by atoms with Crippen molar-refractivity contribution in [2.45, 2.75) is 25.7 Å². The van der Waals surface area contributed by atoms with E-state index in [0.717, 1.165) is 17.8 Å². The lowest BCUT2D eigenvalue weighted by Crippen LogP contribution is -2.31. The van der Waals surface area contributed by atoms with Gasteiger partial charge in [-0.3, -0.25) is 4.72 Å². The van der Waals surface area contributed by atoms with Gasteiger partial charge in [-0.1, -0.05) is 32.0 Å². The van der Waals surface area contributed by atoms with Gasteiger partial charge in [0.05, 0.1) is 10.6 Å². The van der Waals surface area contributed by atoms with Gasteiger partial charge in [-0.15, -0.1) is 0 Å². The van der Waals surface area contributed by atoms with Crippen LogP contribution in [0.25, 0.3) is 0 Å². The number of nitrogens with one attached hydrogen (secondary N) is 3. The number of para-hydroxylation sites is 1. The van der Waals surface area contributed by atoms with E-state index in [9.17, 15) is 8.42 Å². The minimum absolute atomic E-state index is 0.197. The first-order chi connectivity index (χ1) is 11.8. The molecule has 0 saturated heterocycles. The molecular formula is C18H23N3O2S2. The monoisotopic (exact) mass is 377 g/mol. The first-order valence-corrected chi connectivity index (χ1v) is 9.90. The van der Waals surface area contributed by atoms with Gasteiger partial charge in [0.25, 0.3) is 10.0 Å². The Morgan fingerprint density at radius 1 is 1.08 bits per heavy atom. The Labute approximate surface area is 154 Å². The lowest BCUT2D eigenvalue weighted by molar-refractivity contribution is 0.601. The maximum absolute atomic E-state index is 12.5. The number of benzene rings is 2. The molecule has 0 heterocycles. The van der Waals surface area contributed by atoms with E-state index in [-0.39, 0.29) is 4.90 Å². The third-order valence-corrected chi connectivity index (χ3v) is 5.11. The highest BCUT2D eigenvalue weighted by Crippen LogP contribution is 2.20. The summed E-state index contributed by atoms with van der Waals surface area (Å²) in [6.07, 6.45) is 0. The van der Waals surface area contributed by atoms with Crippen LogP contribution in [0.1, 0.15) is 19.4 Å². The van der Waals surface area contributed by atoms with Gasteiger partial charge in [-0.2, -0.15) is 0 Å². The molecule has 0 bridgehead atoms. The van der Waals surface area contributed by atoms with E-state index in [4.69, 9.17) is 12.2 Å². The second kappa shape index (κ2) is 8.31. The minimum atomic E-state index is -3.63. The Morgan fingerprint density at radius 2 is 1.72 bits per heavy atom. The molecule has 0 aliphatic heterocycles. The molecule has 0 fully saturated rings. The van der Waals surface area contributed by atoms with Crippen molar-refractivity contribution in [1.29, 1.82) is 0 Å². The average molecular weight is 378 g/mol. The van der Waals surface area contributed by atoms with Crippen LogP contribution in [0.5, 0.6) is 0 Å². The largest absolute Gasteiger partial charge is 0.362 e. The molecule has 7 heteroatoms. The standard InChI is InChI=1S/C18H23N3O2S2/c1-13(2)12-19-18(24)20-15-8-10-16(11-9-15)25(22,23)21-17-7-5-4-6-14(17)3/h4-11,13,21H,12H2,1-3H3,(H2,19,20,24). The Hall–Kier alpha value is -2.12. The van der Waals surface area contributed by atoms with Gasteiger partial charge in [-0.25, -0.2) is 8.42 Å². The van der Waals surface area contributed by atoms with E-state index < -0.39 is 10.0 Å². The Kier molecular flexibility index (Phi) is 6.39. The van der Waals surface area contributed by atoms with Gasteiger partial charge in [0.15, 0.2) is 5.11 Å². The molecule has 2 aromatic carbocycles. The fourth-order valence-corrected chi connectivity index (χ4v) is 3.41. The number of thiocarbonyl (C=S) groups is 1. The molecule has 0 unspecified atom stereocenters. The van der Waals surface area contributed by atoms with E-state index in [1.807, 2.05) is 19.1 Å². The molecular weight excluding hydrogens is 354 g/mol. The van der Waals surface area contributed by atoms with Crippen molar-refractivity contribution in [2.24, 2.45) is 5.92 Å². The first-order valence-electron chi connectivity index (χ1n) is 8.01. The van der Waals surface area contributed by atoms with Crippen molar-refractivity contribution in [2.75, 3.05) is 16.6 Å². The van der Waals surface area contributed by atoms with Crippen molar-refractivity contribution in [3.05, 3.63) is 54.1 Å². The van der Waals surface area contributed by atoms with E-state index in [1.165, 1.54) is 0 Å². The number of rotatable bonds is 6. The molecule has 134 valence electrons. The zero-order chi connectivity index (χ0) is 18.4. The topological polar surface area (TPSA) is 70.2 Å². The molecule has 0 radical (unpaired) electrons. The molecule has 2 rings (SSSR count). The molecule has 25 heavy (non-hydrogen) atoms. The van der Waals surface area contributed by atoms with Crippen LogP contribution in [-0.2, 0) is 10.0 Å². The van der Waals surface area contributed by atoms with Crippen LogP contribution in [-0.4, -0.2) is 20.1 Å². The summed E-state index contributed by atoms with van der Waals surface area (Å²) in [5, 5.41) is 6.66. The summed E-state index contributed by atoms with van der Waals surface area (Å²) >= 11 is 5.21. The molecule has 0 amide bonds. The molecule has 2 aromatic rings. The molecule has 5 nitrogen and oxygen atoms in total. The van der Waals surface area contributed by atoms with Crippen molar-refractivity contribution in [3.8, 4) is 0 Å². The fourth-order valence-electron chi connectivity index (χ4n) is 2.08. The van der Waals surface area contributed by atoms with Crippen LogP contribution >= 0.6 is 12.2 Å². The van der Waals surface area contributed by atoms with E-state index in [0.29, 0.717) is 16.7 Å². The smallest absolute Gasteiger partial charge is 0.261 e. The van der Waals surface area contributed by atoms with E-state index in [2.05, 4.69) is 29.2 Å². The first kappa shape index (κ1) is 19.2. The number of hydrogen-bond acceptors (Lipinski definition) is 3. The summed E-state index contributed by atoms with van der Waals surface area (Å²) in [7, 11) is -3.63. The summed E-state index contributed by atoms with van der Waals surface area (Å²) in [6.45, 7) is 6.82. The molecule has 0 aromatic heterocycles. The quantitative estimate of drug-likeness (QED) is 0.669. The zero-order valence-corrected chi connectivity index (χ0v) is 16.2. The minimum Gasteiger partial charge on any atom is -0.362 e. The third-order valence-electron chi connectivity index (χ3n) is 3.48.